The van der Waals surface area contributed by atoms with Crippen molar-refractivity contribution in [3.05, 3.63) is 125 Å². The fourth-order valence-electron chi connectivity index (χ4n) is 5.63. The maximum absolute atomic E-state index is 12.8. The molecule has 7 nitrogen and oxygen atoms in total. The molecule has 0 aliphatic heterocycles. The van der Waals surface area contributed by atoms with Gasteiger partial charge in [0.05, 0.1) is 24.3 Å². The largest absolute Gasteiger partial charge is 0.494 e. The average Bonchev–Trinajstić information content (AvgIpc) is 3.19. The number of carbonyl (C=O) groups is 3. The molecule has 0 aliphatic carbocycles. The quantitative estimate of drug-likeness (QED) is 0.0234. The Hall–Kier alpha value is -5.17. The van der Waals surface area contributed by atoms with Crippen molar-refractivity contribution in [2.24, 2.45) is 0 Å². The van der Waals surface area contributed by atoms with E-state index in [-0.39, 0.29) is 5.78 Å². The van der Waals surface area contributed by atoms with Crippen LogP contribution in [0.1, 0.15) is 134 Å². The van der Waals surface area contributed by atoms with Gasteiger partial charge in [-0.15, -0.1) is 0 Å². The first-order chi connectivity index (χ1) is 25.9. The van der Waals surface area contributed by atoms with Crippen molar-refractivity contribution < 1.29 is 33.3 Å². The van der Waals surface area contributed by atoms with Gasteiger partial charge in [0, 0.05) is 5.56 Å². The number of ketones is 1. The number of allylic oxidation sites excluding steroid dienone is 1. The van der Waals surface area contributed by atoms with E-state index in [2.05, 4.69) is 13.8 Å². The molecule has 0 bridgehead atoms. The van der Waals surface area contributed by atoms with Gasteiger partial charge in [-0.25, -0.2) is 9.59 Å². The standard InChI is InChI=1S/C46H54O7/c1-3-5-7-9-10-11-13-15-35-51-41-29-21-38(22-30-41)45(48)53-43-31-23-39(24-32-43)46(49)52-42-25-16-36(17-26-42)18-33-44(47)37-19-27-40(28-20-37)50-34-14-12-8-6-4-2/h16-33H,3-15,34-35H2,1-2H3/b33-18+. The predicted molar refractivity (Wildman–Crippen MR) is 211 cm³/mol. The van der Waals surface area contributed by atoms with Crippen LogP contribution >= 0.6 is 0 Å². The topological polar surface area (TPSA) is 88.1 Å². The van der Waals surface area contributed by atoms with E-state index in [1.165, 1.54) is 70.3 Å². The molecule has 280 valence electrons. The fraction of sp³-hybridized carbons (Fsp3) is 0.370. The Bertz CT molecular complexity index is 1690. The fourth-order valence-corrected chi connectivity index (χ4v) is 5.63. The molecule has 4 aromatic carbocycles. The van der Waals surface area contributed by atoms with Gasteiger partial charge in [0.25, 0.3) is 0 Å². The Kier molecular flexibility index (Phi) is 17.9. The second-order valence-electron chi connectivity index (χ2n) is 13.2. The Morgan fingerprint density at radius 3 is 1.23 bits per heavy atom. The van der Waals surface area contributed by atoms with E-state index in [9.17, 15) is 14.4 Å². The van der Waals surface area contributed by atoms with Crippen molar-refractivity contribution >= 4 is 23.8 Å². The monoisotopic (exact) mass is 718 g/mol. The van der Waals surface area contributed by atoms with E-state index in [0.29, 0.717) is 41.4 Å². The van der Waals surface area contributed by atoms with Gasteiger partial charge in [-0.05, 0) is 109 Å². The number of rotatable bonds is 24. The SMILES string of the molecule is CCCCCCCCCCOc1ccc(C(=O)Oc2ccc(C(=O)Oc3ccc(/C=C/C(=O)c4ccc(OCCCCCCC)cc4)cc3)cc2)cc1. The third-order valence-corrected chi connectivity index (χ3v) is 8.83. The highest BCUT2D eigenvalue weighted by Gasteiger charge is 2.12. The Balaban J connectivity index is 1.16. The molecule has 0 amide bonds. The lowest BCUT2D eigenvalue weighted by Crippen LogP contribution is -2.10. The summed E-state index contributed by atoms with van der Waals surface area (Å²) in [7, 11) is 0. The minimum Gasteiger partial charge on any atom is -0.494 e. The molecular weight excluding hydrogens is 664 g/mol. The van der Waals surface area contributed by atoms with E-state index in [0.717, 1.165) is 36.3 Å². The van der Waals surface area contributed by atoms with Crippen molar-refractivity contribution in [1.82, 2.24) is 0 Å². The summed E-state index contributed by atoms with van der Waals surface area (Å²) in [4.78, 5) is 38.1. The first-order valence-electron chi connectivity index (χ1n) is 19.3. The first kappa shape index (κ1) is 40.6. The lowest BCUT2D eigenvalue weighted by atomic mass is 10.1. The predicted octanol–water partition coefficient (Wildman–Crippen LogP) is 11.9. The molecule has 0 spiro atoms. The lowest BCUT2D eigenvalue weighted by molar-refractivity contribution is 0.0730. The summed E-state index contributed by atoms with van der Waals surface area (Å²) < 4.78 is 22.6. The molecule has 4 aromatic rings. The second kappa shape index (κ2) is 23.4. The zero-order valence-corrected chi connectivity index (χ0v) is 31.4. The molecule has 7 heteroatoms. The summed E-state index contributed by atoms with van der Waals surface area (Å²) in [6.07, 6.45) is 19.1. The summed E-state index contributed by atoms with van der Waals surface area (Å²) in [6, 6.07) is 27.2. The zero-order chi connectivity index (χ0) is 37.5. The van der Waals surface area contributed by atoms with Crippen LogP contribution in [0.5, 0.6) is 23.0 Å². The third kappa shape index (κ3) is 15.1. The van der Waals surface area contributed by atoms with Crippen molar-refractivity contribution in [3.8, 4) is 23.0 Å². The molecule has 0 atom stereocenters. The summed E-state index contributed by atoms with van der Waals surface area (Å²) in [5, 5.41) is 0. The van der Waals surface area contributed by atoms with E-state index < -0.39 is 11.9 Å². The molecular formula is C46H54O7. The summed E-state index contributed by atoms with van der Waals surface area (Å²) in [6.45, 7) is 5.77. The highest BCUT2D eigenvalue weighted by molar-refractivity contribution is 6.06. The minimum atomic E-state index is -0.548. The van der Waals surface area contributed by atoms with Crippen LogP contribution in [0.25, 0.3) is 6.08 Å². The molecule has 0 heterocycles. The number of unbranched alkanes of at least 4 members (excludes halogenated alkanes) is 11. The van der Waals surface area contributed by atoms with Crippen LogP contribution < -0.4 is 18.9 Å². The van der Waals surface area contributed by atoms with Gasteiger partial charge in [0.15, 0.2) is 5.78 Å². The van der Waals surface area contributed by atoms with Gasteiger partial charge in [-0.3, -0.25) is 4.79 Å². The maximum Gasteiger partial charge on any atom is 0.343 e. The molecule has 4 rings (SSSR count). The molecule has 0 unspecified atom stereocenters. The van der Waals surface area contributed by atoms with Gasteiger partial charge in [-0.1, -0.05) is 103 Å². The summed E-state index contributed by atoms with van der Waals surface area (Å²) >= 11 is 0. The van der Waals surface area contributed by atoms with Crippen LogP contribution in [0.15, 0.2) is 103 Å². The number of esters is 2. The van der Waals surface area contributed by atoms with E-state index in [4.69, 9.17) is 18.9 Å². The van der Waals surface area contributed by atoms with Crippen LogP contribution in [0.2, 0.25) is 0 Å². The third-order valence-electron chi connectivity index (χ3n) is 8.83. The zero-order valence-electron chi connectivity index (χ0n) is 31.4. The highest BCUT2D eigenvalue weighted by atomic mass is 16.5. The average molecular weight is 719 g/mol. The molecule has 0 N–H and O–H groups in total. The van der Waals surface area contributed by atoms with Crippen molar-refractivity contribution in [2.45, 2.75) is 97.3 Å². The van der Waals surface area contributed by atoms with Crippen LogP contribution in [0.4, 0.5) is 0 Å². The molecule has 0 radical (unpaired) electrons. The Morgan fingerprint density at radius 2 is 0.792 bits per heavy atom. The van der Waals surface area contributed by atoms with E-state index >= 15 is 0 Å². The Morgan fingerprint density at radius 1 is 0.434 bits per heavy atom. The van der Waals surface area contributed by atoms with Crippen molar-refractivity contribution in [2.75, 3.05) is 13.2 Å². The smallest absolute Gasteiger partial charge is 0.343 e. The summed E-state index contributed by atoms with van der Waals surface area (Å²) in [5.74, 6) is 0.986. The second-order valence-corrected chi connectivity index (χ2v) is 13.2. The molecule has 0 aliphatic rings. The van der Waals surface area contributed by atoms with Crippen molar-refractivity contribution in [1.29, 1.82) is 0 Å². The number of hydrogen-bond donors (Lipinski definition) is 0. The molecule has 0 saturated heterocycles. The van der Waals surface area contributed by atoms with Crippen LogP contribution in [0.3, 0.4) is 0 Å². The maximum atomic E-state index is 12.8. The molecule has 53 heavy (non-hydrogen) atoms. The van der Waals surface area contributed by atoms with E-state index in [1.54, 1.807) is 91.0 Å². The highest BCUT2D eigenvalue weighted by Crippen LogP contribution is 2.20. The first-order valence-corrected chi connectivity index (χ1v) is 19.3. The number of ether oxygens (including phenoxy) is 4. The number of hydrogen-bond acceptors (Lipinski definition) is 7. The molecule has 0 saturated carbocycles. The minimum absolute atomic E-state index is 0.118. The lowest BCUT2D eigenvalue weighted by Gasteiger charge is -2.08. The van der Waals surface area contributed by atoms with Gasteiger partial charge in [-0.2, -0.15) is 0 Å². The summed E-state index contributed by atoms with van der Waals surface area (Å²) in [5.41, 5.74) is 2.07. The van der Waals surface area contributed by atoms with E-state index in [1.807, 2.05) is 12.1 Å². The molecule has 0 fully saturated rings. The van der Waals surface area contributed by atoms with Crippen molar-refractivity contribution in [3.63, 3.8) is 0 Å². The van der Waals surface area contributed by atoms with Gasteiger partial charge >= 0.3 is 11.9 Å². The Labute approximate surface area is 315 Å². The number of carbonyl (C=O) groups excluding carboxylic acids is 3. The van der Waals surface area contributed by atoms with Gasteiger partial charge < -0.3 is 18.9 Å². The van der Waals surface area contributed by atoms with Crippen LogP contribution in [-0.2, 0) is 0 Å². The normalized spacial score (nSPS) is 11.0. The van der Waals surface area contributed by atoms with Gasteiger partial charge in [0.2, 0.25) is 0 Å². The number of benzene rings is 4. The van der Waals surface area contributed by atoms with Crippen LogP contribution in [0, 0.1) is 0 Å². The van der Waals surface area contributed by atoms with Crippen LogP contribution in [-0.4, -0.2) is 30.9 Å². The van der Waals surface area contributed by atoms with Gasteiger partial charge in [0.1, 0.15) is 23.0 Å². The molecule has 0 aromatic heterocycles.